The summed E-state index contributed by atoms with van der Waals surface area (Å²) >= 11 is 0. The quantitative estimate of drug-likeness (QED) is 0.446. The number of likely N-dealkylation sites (tertiary alicyclic amines) is 1. The van der Waals surface area contributed by atoms with Gasteiger partial charge in [-0.05, 0) is 69.2 Å². The van der Waals surface area contributed by atoms with Crippen LogP contribution in [0.15, 0.2) is 78.9 Å². The van der Waals surface area contributed by atoms with Crippen LogP contribution in [0.3, 0.4) is 0 Å². The fourth-order valence-corrected chi connectivity index (χ4v) is 5.07. The lowest BCUT2D eigenvalue weighted by Crippen LogP contribution is -2.43. The van der Waals surface area contributed by atoms with Crippen LogP contribution in [0.1, 0.15) is 47.1 Å². The van der Waals surface area contributed by atoms with Crippen LogP contribution in [0.25, 0.3) is 11.0 Å². The molecule has 1 fully saturated rings. The number of nitrogens with zero attached hydrogens (tertiary/aromatic N) is 3. The molecular formula is C29H32N4O2. The third kappa shape index (κ3) is 4.35. The zero-order chi connectivity index (χ0) is 24.4. The maximum absolute atomic E-state index is 13.1. The van der Waals surface area contributed by atoms with Gasteiger partial charge in [-0.25, -0.2) is 4.98 Å². The first kappa shape index (κ1) is 23.3. The van der Waals surface area contributed by atoms with Gasteiger partial charge in [-0.1, -0.05) is 60.7 Å². The van der Waals surface area contributed by atoms with Gasteiger partial charge in [0.1, 0.15) is 0 Å². The van der Waals surface area contributed by atoms with E-state index in [4.69, 9.17) is 4.98 Å². The highest BCUT2D eigenvalue weighted by molar-refractivity contribution is 5.97. The second kappa shape index (κ2) is 9.64. The number of benzene rings is 3. The Morgan fingerprint density at radius 2 is 1.60 bits per heavy atom. The van der Waals surface area contributed by atoms with Gasteiger partial charge in [0.2, 0.25) is 0 Å². The number of carbonyl (C=O) groups excluding carboxylic acids is 1. The Hall–Kier alpha value is -3.48. The van der Waals surface area contributed by atoms with E-state index >= 15 is 0 Å². The Balaban J connectivity index is 1.57. The van der Waals surface area contributed by atoms with Crippen LogP contribution in [0.4, 0.5) is 0 Å². The molecule has 2 N–H and O–H groups in total. The van der Waals surface area contributed by atoms with E-state index in [2.05, 4.69) is 17.3 Å². The molecule has 0 unspecified atom stereocenters. The van der Waals surface area contributed by atoms with Gasteiger partial charge in [-0.3, -0.25) is 4.79 Å². The number of nitrogens with one attached hydrogen (secondary N) is 1. The minimum Gasteiger partial charge on any atom is -0.373 e. The second-order valence-electron chi connectivity index (χ2n) is 9.38. The molecule has 3 aromatic carbocycles. The molecule has 35 heavy (non-hydrogen) atoms. The topological polar surface area (TPSA) is 70.4 Å². The molecule has 1 aromatic heterocycles. The number of aryl methyl sites for hydroxylation is 1. The first-order valence-corrected chi connectivity index (χ1v) is 12.3. The second-order valence-corrected chi connectivity index (χ2v) is 9.38. The molecule has 0 saturated carbocycles. The zero-order valence-corrected chi connectivity index (χ0v) is 20.3. The van der Waals surface area contributed by atoms with Crippen LogP contribution in [0.5, 0.6) is 0 Å². The molecule has 2 heterocycles. The van der Waals surface area contributed by atoms with Crippen LogP contribution in [-0.2, 0) is 12.1 Å². The van der Waals surface area contributed by atoms with Gasteiger partial charge >= 0.3 is 0 Å². The Kier molecular flexibility index (Phi) is 6.41. The highest BCUT2D eigenvalue weighted by Gasteiger charge is 2.38. The molecule has 0 radical (unpaired) electrons. The predicted octanol–water partition coefficient (Wildman–Crippen LogP) is 4.16. The first-order chi connectivity index (χ1) is 17.0. The molecule has 0 atom stereocenters. The summed E-state index contributed by atoms with van der Waals surface area (Å²) in [6.07, 6.45) is 1.92. The number of aromatic nitrogens is 2. The van der Waals surface area contributed by atoms with Crippen molar-refractivity contribution in [2.45, 2.75) is 38.0 Å². The Morgan fingerprint density at radius 3 is 2.17 bits per heavy atom. The van der Waals surface area contributed by atoms with E-state index in [1.807, 2.05) is 90.4 Å². The summed E-state index contributed by atoms with van der Waals surface area (Å²) in [7, 11) is 2.11. The largest absolute Gasteiger partial charge is 0.373 e. The molecule has 0 aliphatic carbocycles. The molecule has 0 bridgehead atoms. The third-order valence-electron chi connectivity index (χ3n) is 7.09. The Bertz CT molecular complexity index is 1270. The van der Waals surface area contributed by atoms with Gasteiger partial charge in [0, 0.05) is 18.2 Å². The van der Waals surface area contributed by atoms with E-state index in [9.17, 15) is 9.90 Å². The molecule has 4 aromatic rings. The third-order valence-corrected chi connectivity index (χ3v) is 7.09. The molecule has 1 amide bonds. The summed E-state index contributed by atoms with van der Waals surface area (Å²) in [5, 5.41) is 15.5. The number of hydrogen-bond acceptors (Lipinski definition) is 4. The van der Waals surface area contributed by atoms with Gasteiger partial charge in [0.15, 0.2) is 11.4 Å². The van der Waals surface area contributed by atoms with Gasteiger partial charge in [0.25, 0.3) is 5.91 Å². The standard InChI is InChI=1S/C29H32N4O2/c1-3-33-26-20-21(27(34)30-24-16-18-32(2)19-17-24)14-15-25(26)31-28(33)29(35,22-10-6-4-7-11-22)23-12-8-5-9-13-23/h4-15,20,24,35H,3,16-19H2,1-2H3,(H,30,34). The fraction of sp³-hybridized carbons (Fsp3) is 0.310. The zero-order valence-electron chi connectivity index (χ0n) is 20.3. The smallest absolute Gasteiger partial charge is 0.251 e. The maximum atomic E-state index is 13.1. The number of aliphatic hydroxyl groups is 1. The monoisotopic (exact) mass is 468 g/mol. The molecular weight excluding hydrogens is 436 g/mol. The summed E-state index contributed by atoms with van der Waals surface area (Å²) in [5.41, 5.74) is 2.26. The lowest BCUT2D eigenvalue weighted by Gasteiger charge is -2.29. The summed E-state index contributed by atoms with van der Waals surface area (Å²) in [4.78, 5) is 20.3. The van der Waals surface area contributed by atoms with Crippen molar-refractivity contribution < 1.29 is 9.90 Å². The SMILES string of the molecule is CCn1c(C(O)(c2ccccc2)c2ccccc2)nc2ccc(C(=O)NC3CCN(C)CC3)cc21. The highest BCUT2D eigenvalue weighted by atomic mass is 16.3. The number of amides is 1. The maximum Gasteiger partial charge on any atom is 0.251 e. The number of imidazole rings is 1. The first-order valence-electron chi connectivity index (χ1n) is 12.3. The fourth-order valence-electron chi connectivity index (χ4n) is 5.07. The molecule has 1 saturated heterocycles. The number of carbonyl (C=O) groups is 1. The van der Waals surface area contributed by atoms with E-state index in [0.717, 1.165) is 48.1 Å². The molecule has 5 rings (SSSR count). The molecule has 1 aliphatic rings. The van der Waals surface area contributed by atoms with Crippen molar-refractivity contribution in [1.29, 1.82) is 0 Å². The minimum absolute atomic E-state index is 0.0618. The van der Waals surface area contributed by atoms with E-state index in [-0.39, 0.29) is 11.9 Å². The van der Waals surface area contributed by atoms with Crippen molar-refractivity contribution in [3.05, 3.63) is 101 Å². The van der Waals surface area contributed by atoms with Crippen molar-refractivity contribution in [3.63, 3.8) is 0 Å². The van der Waals surface area contributed by atoms with Gasteiger partial charge in [-0.2, -0.15) is 0 Å². The van der Waals surface area contributed by atoms with Crippen LogP contribution < -0.4 is 5.32 Å². The molecule has 1 aliphatic heterocycles. The molecule has 6 heteroatoms. The van der Waals surface area contributed by atoms with Gasteiger partial charge in [-0.15, -0.1) is 0 Å². The average Bonchev–Trinajstić information content (AvgIpc) is 3.29. The molecule has 6 nitrogen and oxygen atoms in total. The summed E-state index contributed by atoms with van der Waals surface area (Å²) < 4.78 is 2.02. The van der Waals surface area contributed by atoms with Crippen molar-refractivity contribution >= 4 is 16.9 Å². The normalized spacial score (nSPS) is 15.4. The predicted molar refractivity (Wildman–Crippen MR) is 138 cm³/mol. The van der Waals surface area contributed by atoms with Crippen molar-refractivity contribution in [1.82, 2.24) is 19.8 Å². The van der Waals surface area contributed by atoms with Crippen LogP contribution in [0.2, 0.25) is 0 Å². The number of hydrogen-bond donors (Lipinski definition) is 2. The van der Waals surface area contributed by atoms with Crippen LogP contribution >= 0.6 is 0 Å². The van der Waals surface area contributed by atoms with E-state index in [1.54, 1.807) is 0 Å². The molecule has 0 spiro atoms. The summed E-state index contributed by atoms with van der Waals surface area (Å²) in [5.74, 6) is 0.480. The summed E-state index contributed by atoms with van der Waals surface area (Å²) in [6.45, 7) is 4.63. The lowest BCUT2D eigenvalue weighted by molar-refractivity contribution is 0.0917. The minimum atomic E-state index is -1.44. The summed E-state index contributed by atoms with van der Waals surface area (Å²) in [6, 6.07) is 25.1. The Morgan fingerprint density at radius 1 is 1.00 bits per heavy atom. The van der Waals surface area contributed by atoms with Gasteiger partial charge < -0.3 is 19.9 Å². The Labute approximate surface area is 206 Å². The van der Waals surface area contributed by atoms with E-state index < -0.39 is 5.60 Å². The number of fused-ring (bicyclic) bond motifs is 1. The van der Waals surface area contributed by atoms with Crippen molar-refractivity contribution in [2.75, 3.05) is 20.1 Å². The lowest BCUT2D eigenvalue weighted by atomic mass is 9.85. The van der Waals surface area contributed by atoms with Crippen LogP contribution in [0, 0.1) is 0 Å². The number of rotatable bonds is 6. The average molecular weight is 469 g/mol. The molecule has 180 valence electrons. The van der Waals surface area contributed by atoms with Crippen molar-refractivity contribution in [2.24, 2.45) is 0 Å². The number of piperidine rings is 1. The van der Waals surface area contributed by atoms with E-state index in [0.29, 0.717) is 17.9 Å². The van der Waals surface area contributed by atoms with Crippen LogP contribution in [-0.4, -0.2) is 51.6 Å². The highest BCUT2D eigenvalue weighted by Crippen LogP contribution is 2.37. The van der Waals surface area contributed by atoms with E-state index in [1.165, 1.54) is 0 Å². The van der Waals surface area contributed by atoms with Crippen molar-refractivity contribution in [3.8, 4) is 0 Å². The van der Waals surface area contributed by atoms with Gasteiger partial charge in [0.05, 0.1) is 11.0 Å².